The van der Waals surface area contributed by atoms with Gasteiger partial charge in [-0.3, -0.25) is 9.36 Å². The predicted octanol–water partition coefficient (Wildman–Crippen LogP) is 5.64. The zero-order valence-corrected chi connectivity index (χ0v) is 21.1. The molecular weight excluding hydrogens is 495 g/mol. The molecule has 0 aliphatic rings. The van der Waals surface area contributed by atoms with Crippen LogP contribution in [0.5, 0.6) is 5.75 Å². The van der Waals surface area contributed by atoms with Crippen LogP contribution in [0.1, 0.15) is 37.6 Å². The highest BCUT2D eigenvalue weighted by Crippen LogP contribution is 2.27. The van der Waals surface area contributed by atoms with Crippen LogP contribution in [-0.4, -0.2) is 17.1 Å². The van der Waals surface area contributed by atoms with Crippen LogP contribution >= 0.6 is 11.6 Å². The number of nitrogens with zero attached hydrogens (tertiary/aromatic N) is 1. The van der Waals surface area contributed by atoms with Crippen LogP contribution in [0.3, 0.4) is 0 Å². The van der Waals surface area contributed by atoms with Gasteiger partial charge < -0.3 is 15.4 Å². The quantitative estimate of drug-likeness (QED) is 0.422. The molecule has 1 aromatic heterocycles. The molecule has 3 aromatic rings. The van der Waals surface area contributed by atoms with E-state index in [0.717, 1.165) is 16.7 Å². The Kier molecular flexibility index (Phi) is 8.35. The smallest absolute Gasteiger partial charge is 0.315 e. The number of halogens is 4. The summed E-state index contributed by atoms with van der Waals surface area (Å²) in [6.07, 6.45) is 0. The molecule has 0 fully saturated rings. The van der Waals surface area contributed by atoms with Crippen LogP contribution in [0.15, 0.2) is 47.3 Å². The van der Waals surface area contributed by atoms with Crippen molar-refractivity contribution in [2.45, 2.75) is 40.8 Å². The van der Waals surface area contributed by atoms with Gasteiger partial charge in [0.05, 0.1) is 0 Å². The first-order chi connectivity index (χ1) is 16.9. The van der Waals surface area contributed by atoms with Gasteiger partial charge in [0.25, 0.3) is 5.56 Å². The van der Waals surface area contributed by atoms with Gasteiger partial charge in [-0.2, -0.15) is 0 Å². The molecule has 0 unspecified atom stereocenters. The number of ether oxygens (including phenoxy) is 1. The van der Waals surface area contributed by atoms with E-state index < -0.39 is 34.7 Å². The molecule has 0 atom stereocenters. The molecule has 0 radical (unpaired) electrons. The minimum absolute atomic E-state index is 0.00156. The maximum atomic E-state index is 14.3. The lowest BCUT2D eigenvalue weighted by atomic mass is 9.97. The second-order valence-corrected chi connectivity index (χ2v) is 9.85. The standard InChI is InChI=1S/C26H27ClF3N3O3/c1-15-10-21(22(27)24(34)33(15)23-19(29)6-5-7-20(23)30)36-13-16-8-9-18(28)11-17(16)12-31-25(35)32-14-26(2,3)4/h5-11H,12-14H2,1-4H3,(H2,31,32,35). The van der Waals surface area contributed by atoms with Crippen molar-refractivity contribution in [2.24, 2.45) is 5.41 Å². The van der Waals surface area contributed by atoms with Gasteiger partial charge in [0.15, 0.2) is 0 Å². The fourth-order valence-corrected chi connectivity index (χ4v) is 3.60. The van der Waals surface area contributed by atoms with Crippen molar-refractivity contribution >= 4 is 17.6 Å². The Balaban J connectivity index is 1.80. The average Bonchev–Trinajstić information content (AvgIpc) is 2.80. The number of amides is 2. The summed E-state index contributed by atoms with van der Waals surface area (Å²) in [5.74, 6) is -2.33. The number of aromatic nitrogens is 1. The van der Waals surface area contributed by atoms with E-state index in [9.17, 15) is 22.8 Å². The van der Waals surface area contributed by atoms with Crippen LogP contribution in [0, 0.1) is 29.8 Å². The summed E-state index contributed by atoms with van der Waals surface area (Å²) in [5.41, 5.74) is -0.280. The van der Waals surface area contributed by atoms with Crippen molar-refractivity contribution in [3.05, 3.63) is 92.1 Å². The van der Waals surface area contributed by atoms with Gasteiger partial charge in [-0.05, 0) is 47.7 Å². The molecule has 0 bridgehead atoms. The lowest BCUT2D eigenvalue weighted by Crippen LogP contribution is -2.39. The molecule has 0 aliphatic heterocycles. The molecule has 2 aromatic carbocycles. The third-order valence-corrected chi connectivity index (χ3v) is 5.58. The number of benzene rings is 2. The zero-order valence-electron chi connectivity index (χ0n) is 20.3. The first-order valence-electron chi connectivity index (χ1n) is 11.2. The molecular formula is C26H27ClF3N3O3. The number of hydrogen-bond donors (Lipinski definition) is 2. The Morgan fingerprint density at radius 2 is 1.69 bits per heavy atom. The Labute approximate surface area is 212 Å². The Bertz CT molecular complexity index is 1320. The molecule has 192 valence electrons. The van der Waals surface area contributed by atoms with Crippen molar-refractivity contribution in [2.75, 3.05) is 6.54 Å². The van der Waals surface area contributed by atoms with E-state index >= 15 is 0 Å². The number of nitrogens with one attached hydrogen (secondary N) is 2. The largest absolute Gasteiger partial charge is 0.487 e. The first kappa shape index (κ1) is 27.1. The maximum absolute atomic E-state index is 14.3. The number of para-hydroxylation sites is 1. The molecule has 36 heavy (non-hydrogen) atoms. The van der Waals surface area contributed by atoms with Crippen molar-refractivity contribution in [1.82, 2.24) is 15.2 Å². The fourth-order valence-electron chi connectivity index (χ4n) is 3.41. The van der Waals surface area contributed by atoms with Crippen molar-refractivity contribution < 1.29 is 22.7 Å². The van der Waals surface area contributed by atoms with E-state index in [1.54, 1.807) is 0 Å². The highest BCUT2D eigenvalue weighted by molar-refractivity contribution is 6.31. The molecule has 0 aliphatic carbocycles. The molecule has 3 rings (SSSR count). The Morgan fingerprint density at radius 1 is 1.03 bits per heavy atom. The van der Waals surface area contributed by atoms with Crippen LogP contribution in [0.2, 0.25) is 5.02 Å². The number of aryl methyl sites for hydroxylation is 1. The lowest BCUT2D eigenvalue weighted by molar-refractivity contribution is 0.235. The molecule has 2 N–H and O–H groups in total. The predicted molar refractivity (Wildman–Crippen MR) is 132 cm³/mol. The summed E-state index contributed by atoms with van der Waals surface area (Å²) in [4.78, 5) is 25.0. The molecule has 0 saturated carbocycles. The summed E-state index contributed by atoms with van der Waals surface area (Å²) in [6, 6.07) is 8.27. The minimum Gasteiger partial charge on any atom is -0.487 e. The normalized spacial score (nSPS) is 11.3. The molecule has 1 heterocycles. The van der Waals surface area contributed by atoms with Crippen LogP contribution in [0.4, 0.5) is 18.0 Å². The number of hydrogen-bond acceptors (Lipinski definition) is 3. The van der Waals surface area contributed by atoms with E-state index in [-0.39, 0.29) is 35.0 Å². The average molecular weight is 522 g/mol. The summed E-state index contributed by atoms with van der Waals surface area (Å²) in [5, 5.41) is 5.06. The number of carbonyl (C=O) groups is 1. The molecule has 0 spiro atoms. The summed E-state index contributed by atoms with van der Waals surface area (Å²) >= 11 is 6.20. The van der Waals surface area contributed by atoms with Crippen molar-refractivity contribution in [3.63, 3.8) is 0 Å². The van der Waals surface area contributed by atoms with Gasteiger partial charge in [0.1, 0.15) is 40.5 Å². The van der Waals surface area contributed by atoms with E-state index in [1.807, 2.05) is 20.8 Å². The molecule has 6 nitrogen and oxygen atoms in total. The third-order valence-electron chi connectivity index (χ3n) is 5.23. The van der Waals surface area contributed by atoms with Gasteiger partial charge in [0, 0.05) is 24.8 Å². The second kappa shape index (κ2) is 11.1. The summed E-state index contributed by atoms with van der Waals surface area (Å²) < 4.78 is 49.0. The fraction of sp³-hybridized carbons (Fsp3) is 0.308. The molecule has 0 saturated heterocycles. The van der Waals surface area contributed by atoms with Crippen LogP contribution < -0.4 is 20.9 Å². The van der Waals surface area contributed by atoms with E-state index in [4.69, 9.17) is 16.3 Å². The Morgan fingerprint density at radius 3 is 2.33 bits per heavy atom. The second-order valence-electron chi connectivity index (χ2n) is 9.47. The SMILES string of the molecule is Cc1cc(OCc2ccc(F)cc2CNC(=O)NCC(C)(C)C)c(Cl)c(=O)n1-c1c(F)cccc1F. The van der Waals surface area contributed by atoms with Crippen LogP contribution in [0.25, 0.3) is 5.69 Å². The Hall–Kier alpha value is -3.46. The maximum Gasteiger partial charge on any atom is 0.315 e. The van der Waals surface area contributed by atoms with E-state index in [2.05, 4.69) is 10.6 Å². The topological polar surface area (TPSA) is 72.4 Å². The zero-order chi connectivity index (χ0) is 26.6. The highest BCUT2D eigenvalue weighted by atomic mass is 35.5. The van der Waals surface area contributed by atoms with Crippen LogP contribution in [-0.2, 0) is 13.2 Å². The summed E-state index contributed by atoms with van der Waals surface area (Å²) in [7, 11) is 0. The highest BCUT2D eigenvalue weighted by Gasteiger charge is 2.20. The molecule has 2 amide bonds. The number of rotatable bonds is 7. The van der Waals surface area contributed by atoms with Crippen molar-refractivity contribution in [3.8, 4) is 11.4 Å². The van der Waals surface area contributed by atoms with Gasteiger partial charge in [-0.25, -0.2) is 18.0 Å². The molecule has 10 heteroatoms. The van der Waals surface area contributed by atoms with Gasteiger partial charge in [0.2, 0.25) is 0 Å². The number of carbonyl (C=O) groups excluding carboxylic acids is 1. The number of pyridine rings is 1. The van der Waals surface area contributed by atoms with Gasteiger partial charge >= 0.3 is 6.03 Å². The minimum atomic E-state index is -0.917. The van der Waals surface area contributed by atoms with E-state index in [0.29, 0.717) is 17.7 Å². The number of urea groups is 1. The van der Waals surface area contributed by atoms with Crippen molar-refractivity contribution in [1.29, 1.82) is 0 Å². The first-order valence-corrected chi connectivity index (χ1v) is 11.5. The third kappa shape index (κ3) is 6.60. The lowest BCUT2D eigenvalue weighted by Gasteiger charge is -2.19. The van der Waals surface area contributed by atoms with E-state index in [1.165, 1.54) is 37.3 Å². The van der Waals surface area contributed by atoms with Gasteiger partial charge in [-0.1, -0.05) is 44.5 Å². The van der Waals surface area contributed by atoms with Gasteiger partial charge in [-0.15, -0.1) is 0 Å². The monoisotopic (exact) mass is 521 g/mol. The summed E-state index contributed by atoms with van der Waals surface area (Å²) in [6.45, 7) is 7.82.